The minimum atomic E-state index is -0.488. The highest BCUT2D eigenvalue weighted by atomic mass is 16.6. The number of aromatic amines is 1. The first-order valence-electron chi connectivity index (χ1n) is 9.93. The molecule has 152 valence electrons. The zero-order valence-corrected chi connectivity index (χ0v) is 17.2. The Hall–Kier alpha value is -2.70. The van der Waals surface area contributed by atoms with Gasteiger partial charge in [0.15, 0.2) is 5.96 Å². The normalized spacial score (nSPS) is 17.8. The molecule has 1 fully saturated rings. The van der Waals surface area contributed by atoms with Crippen molar-refractivity contribution < 1.29 is 9.53 Å². The van der Waals surface area contributed by atoms with E-state index < -0.39 is 5.60 Å². The minimum absolute atomic E-state index is 0.0618. The Kier molecular flexibility index (Phi) is 6.11. The summed E-state index contributed by atoms with van der Waals surface area (Å²) in [6.45, 7) is 10.6. The number of hydrogen-bond donors (Lipinski definition) is 3. The molecule has 3 rings (SSSR count). The van der Waals surface area contributed by atoms with Gasteiger partial charge in [0, 0.05) is 30.8 Å². The Morgan fingerprint density at radius 2 is 2.14 bits per heavy atom. The Labute approximate surface area is 166 Å². The van der Waals surface area contributed by atoms with E-state index in [4.69, 9.17) is 9.73 Å². The molecular weight excluding hydrogens is 354 g/mol. The van der Waals surface area contributed by atoms with Crippen molar-refractivity contribution in [2.75, 3.05) is 19.6 Å². The number of aromatic nitrogens is 1. The summed E-state index contributed by atoms with van der Waals surface area (Å²) in [7, 11) is 0. The van der Waals surface area contributed by atoms with Gasteiger partial charge in [0.05, 0.1) is 12.6 Å². The molecule has 1 aromatic carbocycles. The van der Waals surface area contributed by atoms with E-state index >= 15 is 0 Å². The lowest BCUT2D eigenvalue weighted by Gasteiger charge is -2.23. The molecule has 0 spiro atoms. The number of fused-ring (bicyclic) bond motifs is 1. The van der Waals surface area contributed by atoms with Gasteiger partial charge in [-0.05, 0) is 51.6 Å². The van der Waals surface area contributed by atoms with E-state index in [1.807, 2.05) is 32.9 Å². The number of alkyl carbamates (subject to hydrolysis) is 1. The molecule has 0 radical (unpaired) electrons. The van der Waals surface area contributed by atoms with Crippen LogP contribution in [0.4, 0.5) is 4.79 Å². The molecule has 0 aliphatic carbocycles. The summed E-state index contributed by atoms with van der Waals surface area (Å²) >= 11 is 0. The van der Waals surface area contributed by atoms with Crippen molar-refractivity contribution in [2.24, 2.45) is 4.99 Å². The molecule has 3 N–H and O–H groups in total. The highest BCUT2D eigenvalue weighted by Crippen LogP contribution is 2.16. The summed E-state index contributed by atoms with van der Waals surface area (Å²) in [6, 6.07) is 10.4. The summed E-state index contributed by atoms with van der Waals surface area (Å²) in [6.07, 6.45) is 0.509. The molecule has 1 amide bonds. The number of carbonyl (C=O) groups excluding carboxylic acids is 1. The second-order valence-corrected chi connectivity index (χ2v) is 8.13. The van der Waals surface area contributed by atoms with Crippen molar-refractivity contribution >= 4 is 23.0 Å². The van der Waals surface area contributed by atoms with Crippen molar-refractivity contribution in [2.45, 2.75) is 52.3 Å². The largest absolute Gasteiger partial charge is 0.444 e. The van der Waals surface area contributed by atoms with Gasteiger partial charge in [-0.25, -0.2) is 9.79 Å². The van der Waals surface area contributed by atoms with Crippen molar-refractivity contribution in [3.05, 3.63) is 36.0 Å². The van der Waals surface area contributed by atoms with Crippen LogP contribution in [0.15, 0.2) is 35.3 Å². The van der Waals surface area contributed by atoms with Gasteiger partial charge in [0.25, 0.3) is 0 Å². The number of nitrogens with zero attached hydrogens (tertiary/aromatic N) is 2. The first-order valence-corrected chi connectivity index (χ1v) is 9.93. The summed E-state index contributed by atoms with van der Waals surface area (Å²) in [5, 5.41) is 7.52. The van der Waals surface area contributed by atoms with Gasteiger partial charge in [-0.2, -0.15) is 0 Å². The number of rotatable bonds is 4. The molecule has 1 aliphatic rings. The number of nitrogens with one attached hydrogen (secondary N) is 3. The number of carbonyl (C=O) groups is 1. The van der Waals surface area contributed by atoms with Gasteiger partial charge in [-0.1, -0.05) is 18.2 Å². The number of guanidine groups is 1. The summed E-state index contributed by atoms with van der Waals surface area (Å²) in [4.78, 5) is 22.4. The predicted molar refractivity (Wildman–Crippen MR) is 112 cm³/mol. The summed E-state index contributed by atoms with van der Waals surface area (Å²) in [5.74, 6) is 0.870. The number of benzene rings is 1. The van der Waals surface area contributed by atoms with Crippen molar-refractivity contribution in [3.63, 3.8) is 0 Å². The van der Waals surface area contributed by atoms with E-state index in [2.05, 4.69) is 45.6 Å². The van der Waals surface area contributed by atoms with Gasteiger partial charge in [-0.15, -0.1) is 0 Å². The number of amides is 1. The predicted octanol–water partition coefficient (Wildman–Crippen LogP) is 3.23. The average Bonchev–Trinajstić information content (AvgIpc) is 3.23. The maximum atomic E-state index is 12.0. The van der Waals surface area contributed by atoms with Gasteiger partial charge in [0.1, 0.15) is 5.60 Å². The van der Waals surface area contributed by atoms with E-state index in [1.54, 1.807) is 0 Å². The molecule has 7 nitrogen and oxygen atoms in total. The van der Waals surface area contributed by atoms with E-state index in [0.29, 0.717) is 6.54 Å². The SMILES string of the molecule is CCNC(=NCc1cc2ccccc2[nH]1)N1CCC(NC(=O)OC(C)(C)C)C1. The van der Waals surface area contributed by atoms with Crippen LogP contribution in [0.5, 0.6) is 0 Å². The highest BCUT2D eigenvalue weighted by Gasteiger charge is 2.27. The van der Waals surface area contributed by atoms with Crippen LogP contribution in [0.25, 0.3) is 10.9 Å². The first kappa shape index (κ1) is 20.0. The van der Waals surface area contributed by atoms with Gasteiger partial charge < -0.3 is 25.3 Å². The standard InChI is InChI=1S/C21H31N5O2/c1-5-22-19(23-13-17-12-15-8-6-7-9-18(15)24-17)26-11-10-16(14-26)25-20(27)28-21(2,3)4/h6-9,12,16,24H,5,10-11,13-14H2,1-4H3,(H,22,23)(H,25,27). The van der Waals surface area contributed by atoms with E-state index in [1.165, 1.54) is 5.39 Å². The molecule has 1 aromatic heterocycles. The van der Waals surface area contributed by atoms with Gasteiger partial charge >= 0.3 is 6.09 Å². The smallest absolute Gasteiger partial charge is 0.407 e. The molecule has 2 heterocycles. The lowest BCUT2D eigenvalue weighted by Crippen LogP contribution is -2.44. The number of H-pyrrole nitrogens is 1. The molecule has 0 bridgehead atoms. The van der Waals surface area contributed by atoms with E-state index in [0.717, 1.165) is 43.2 Å². The first-order chi connectivity index (χ1) is 13.3. The number of likely N-dealkylation sites (tertiary alicyclic amines) is 1. The average molecular weight is 386 g/mol. The fourth-order valence-corrected chi connectivity index (χ4v) is 3.35. The van der Waals surface area contributed by atoms with Crippen LogP contribution < -0.4 is 10.6 Å². The third-order valence-corrected chi connectivity index (χ3v) is 4.53. The molecule has 1 saturated heterocycles. The van der Waals surface area contributed by atoms with Crippen LogP contribution in [-0.4, -0.2) is 53.2 Å². The molecule has 28 heavy (non-hydrogen) atoms. The van der Waals surface area contributed by atoms with Crippen molar-refractivity contribution in [3.8, 4) is 0 Å². The molecule has 7 heteroatoms. The lowest BCUT2D eigenvalue weighted by molar-refractivity contribution is 0.0507. The quantitative estimate of drug-likeness (QED) is 0.557. The molecule has 1 aliphatic heterocycles. The van der Waals surface area contributed by atoms with Crippen molar-refractivity contribution in [1.29, 1.82) is 0 Å². The third-order valence-electron chi connectivity index (χ3n) is 4.53. The maximum absolute atomic E-state index is 12.0. The summed E-state index contributed by atoms with van der Waals surface area (Å²) in [5.41, 5.74) is 1.72. The monoisotopic (exact) mass is 385 g/mol. The zero-order valence-electron chi connectivity index (χ0n) is 17.2. The minimum Gasteiger partial charge on any atom is -0.444 e. The lowest BCUT2D eigenvalue weighted by atomic mass is 10.2. The molecule has 1 unspecified atom stereocenters. The Morgan fingerprint density at radius 3 is 2.86 bits per heavy atom. The second kappa shape index (κ2) is 8.54. The van der Waals surface area contributed by atoms with E-state index in [9.17, 15) is 4.79 Å². The van der Waals surface area contributed by atoms with Crippen LogP contribution in [0, 0.1) is 0 Å². The van der Waals surface area contributed by atoms with Gasteiger partial charge in [0.2, 0.25) is 0 Å². The van der Waals surface area contributed by atoms with Crippen LogP contribution in [-0.2, 0) is 11.3 Å². The van der Waals surface area contributed by atoms with Crippen LogP contribution in [0.3, 0.4) is 0 Å². The highest BCUT2D eigenvalue weighted by molar-refractivity contribution is 5.82. The number of ether oxygens (including phenoxy) is 1. The van der Waals surface area contributed by atoms with Crippen LogP contribution in [0.1, 0.15) is 39.8 Å². The topological polar surface area (TPSA) is 81.8 Å². The molecular formula is C21H31N5O2. The van der Waals surface area contributed by atoms with E-state index in [-0.39, 0.29) is 12.1 Å². The fourth-order valence-electron chi connectivity index (χ4n) is 3.35. The molecule has 0 saturated carbocycles. The summed E-state index contributed by atoms with van der Waals surface area (Å²) < 4.78 is 5.36. The number of para-hydroxylation sites is 1. The second-order valence-electron chi connectivity index (χ2n) is 8.13. The van der Waals surface area contributed by atoms with Gasteiger partial charge in [-0.3, -0.25) is 0 Å². The maximum Gasteiger partial charge on any atom is 0.407 e. The Morgan fingerprint density at radius 1 is 1.36 bits per heavy atom. The number of hydrogen-bond acceptors (Lipinski definition) is 3. The number of aliphatic imine (C=N–C) groups is 1. The zero-order chi connectivity index (χ0) is 20.1. The Bertz CT molecular complexity index is 804. The Balaban J connectivity index is 1.60. The van der Waals surface area contributed by atoms with Crippen LogP contribution in [0.2, 0.25) is 0 Å². The third kappa shape index (κ3) is 5.41. The molecule has 1 atom stereocenters. The molecule has 2 aromatic rings. The fraction of sp³-hybridized carbons (Fsp3) is 0.524. The van der Waals surface area contributed by atoms with Crippen molar-refractivity contribution in [1.82, 2.24) is 20.5 Å². The van der Waals surface area contributed by atoms with Crippen LogP contribution >= 0.6 is 0 Å².